The molecular weight excluding hydrogens is 347 g/mol. The molecule has 8 heteroatoms. The van der Waals surface area contributed by atoms with Gasteiger partial charge in [-0.05, 0) is 42.5 Å². The van der Waals surface area contributed by atoms with Gasteiger partial charge < -0.3 is 10.1 Å². The summed E-state index contributed by atoms with van der Waals surface area (Å²) in [5, 5.41) is 2.61. The van der Waals surface area contributed by atoms with Crippen LogP contribution in [0.4, 0.5) is 18.9 Å². The minimum Gasteiger partial charge on any atom is -0.465 e. The van der Waals surface area contributed by atoms with Crippen molar-refractivity contribution in [3.05, 3.63) is 64.2 Å². The number of rotatable bonds is 3. The van der Waals surface area contributed by atoms with Crippen molar-refractivity contribution in [2.24, 2.45) is 0 Å². The second-order valence-corrected chi connectivity index (χ2v) is 5.12. The lowest BCUT2D eigenvalue weighted by molar-refractivity contribution is -0.137. The zero-order chi connectivity index (χ0) is 17.9. The number of methoxy groups -OCH3 is 1. The summed E-state index contributed by atoms with van der Waals surface area (Å²) in [6, 6.07) is 7.85. The topological polar surface area (TPSA) is 55.4 Å². The average molecular weight is 358 g/mol. The molecule has 0 atom stereocenters. The summed E-state index contributed by atoms with van der Waals surface area (Å²) in [6.07, 6.45) is -4.48. The molecule has 0 heterocycles. The van der Waals surface area contributed by atoms with Crippen LogP contribution in [0.25, 0.3) is 0 Å². The quantitative estimate of drug-likeness (QED) is 0.828. The molecule has 0 saturated carbocycles. The molecule has 0 spiro atoms. The molecule has 0 fully saturated rings. The van der Waals surface area contributed by atoms with Crippen molar-refractivity contribution in [2.75, 3.05) is 12.4 Å². The van der Waals surface area contributed by atoms with Crippen molar-refractivity contribution in [1.29, 1.82) is 0 Å². The van der Waals surface area contributed by atoms with Crippen molar-refractivity contribution in [3.63, 3.8) is 0 Å². The van der Waals surface area contributed by atoms with Crippen LogP contribution in [0.15, 0.2) is 42.5 Å². The molecule has 4 nitrogen and oxygen atoms in total. The van der Waals surface area contributed by atoms with Gasteiger partial charge in [-0.2, -0.15) is 13.2 Å². The van der Waals surface area contributed by atoms with Gasteiger partial charge in [-0.1, -0.05) is 11.6 Å². The molecule has 0 aromatic heterocycles. The Hall–Kier alpha value is -2.54. The first-order chi connectivity index (χ1) is 11.2. The summed E-state index contributed by atoms with van der Waals surface area (Å²) in [5.74, 6) is -1.27. The molecule has 126 valence electrons. The first-order valence-electron chi connectivity index (χ1n) is 6.59. The third-order valence-electron chi connectivity index (χ3n) is 3.11. The fourth-order valence-corrected chi connectivity index (χ4v) is 2.04. The molecular formula is C16H11ClF3NO3. The van der Waals surface area contributed by atoms with E-state index in [0.717, 1.165) is 24.3 Å². The summed E-state index contributed by atoms with van der Waals surface area (Å²) in [6.45, 7) is 0. The molecule has 0 aliphatic carbocycles. The average Bonchev–Trinajstić information content (AvgIpc) is 2.55. The Labute approximate surface area is 140 Å². The SMILES string of the molecule is COC(=O)c1ccc(Cl)c(NC(=O)c2ccc(C(F)(F)F)cc2)c1. The molecule has 0 aliphatic heterocycles. The number of benzene rings is 2. The molecule has 0 aliphatic rings. The number of hydrogen-bond acceptors (Lipinski definition) is 3. The van der Waals surface area contributed by atoms with Gasteiger partial charge in [-0.15, -0.1) is 0 Å². The van der Waals surface area contributed by atoms with Crippen LogP contribution < -0.4 is 5.32 Å². The molecule has 2 aromatic carbocycles. The number of esters is 1. The second kappa shape index (κ2) is 6.92. The number of amides is 1. The fourth-order valence-electron chi connectivity index (χ4n) is 1.87. The van der Waals surface area contributed by atoms with Crippen molar-refractivity contribution < 1.29 is 27.5 Å². The van der Waals surface area contributed by atoms with Crippen LogP contribution in [0, 0.1) is 0 Å². The van der Waals surface area contributed by atoms with Gasteiger partial charge in [-0.3, -0.25) is 4.79 Å². The molecule has 2 rings (SSSR count). The van der Waals surface area contributed by atoms with Crippen LogP contribution in [0.2, 0.25) is 5.02 Å². The van der Waals surface area contributed by atoms with Crippen molar-refractivity contribution in [3.8, 4) is 0 Å². The van der Waals surface area contributed by atoms with E-state index in [-0.39, 0.29) is 21.8 Å². The zero-order valence-corrected chi connectivity index (χ0v) is 13.0. The van der Waals surface area contributed by atoms with E-state index in [2.05, 4.69) is 10.1 Å². The predicted molar refractivity (Wildman–Crippen MR) is 82.2 cm³/mol. The number of carbonyl (C=O) groups excluding carboxylic acids is 2. The Morgan fingerprint density at radius 2 is 1.62 bits per heavy atom. The van der Waals surface area contributed by atoms with Crippen LogP contribution in [-0.4, -0.2) is 19.0 Å². The third-order valence-corrected chi connectivity index (χ3v) is 3.44. The molecule has 1 amide bonds. The van der Waals surface area contributed by atoms with Crippen LogP contribution in [-0.2, 0) is 10.9 Å². The maximum absolute atomic E-state index is 12.5. The van der Waals surface area contributed by atoms with E-state index in [9.17, 15) is 22.8 Å². The monoisotopic (exact) mass is 357 g/mol. The Morgan fingerprint density at radius 1 is 1.04 bits per heavy atom. The summed E-state index contributed by atoms with van der Waals surface area (Å²) in [5.41, 5.74) is -0.526. The Balaban J connectivity index is 2.22. The molecule has 0 saturated heterocycles. The van der Waals surface area contributed by atoms with Gasteiger partial charge in [-0.25, -0.2) is 4.79 Å². The molecule has 1 N–H and O–H groups in total. The second-order valence-electron chi connectivity index (χ2n) is 4.72. The van der Waals surface area contributed by atoms with Crippen molar-refractivity contribution in [1.82, 2.24) is 0 Å². The van der Waals surface area contributed by atoms with Gasteiger partial charge in [0.15, 0.2) is 0 Å². The lowest BCUT2D eigenvalue weighted by atomic mass is 10.1. The van der Waals surface area contributed by atoms with Crippen LogP contribution >= 0.6 is 11.6 Å². The minimum absolute atomic E-state index is 0.0162. The van der Waals surface area contributed by atoms with Crippen LogP contribution in [0.3, 0.4) is 0 Å². The standard InChI is InChI=1S/C16H11ClF3NO3/c1-24-15(23)10-4-7-12(17)13(8-10)21-14(22)9-2-5-11(6-3-9)16(18,19)20/h2-8H,1H3,(H,21,22). The van der Waals surface area contributed by atoms with E-state index in [1.807, 2.05) is 0 Å². The summed E-state index contributed by atoms with van der Waals surface area (Å²) >= 11 is 5.95. The molecule has 0 radical (unpaired) electrons. The number of anilines is 1. The highest BCUT2D eigenvalue weighted by Crippen LogP contribution is 2.29. The fraction of sp³-hybridized carbons (Fsp3) is 0.125. The number of carbonyl (C=O) groups is 2. The number of nitrogens with one attached hydrogen (secondary N) is 1. The lowest BCUT2D eigenvalue weighted by Crippen LogP contribution is -2.14. The highest BCUT2D eigenvalue weighted by atomic mass is 35.5. The van der Waals surface area contributed by atoms with E-state index < -0.39 is 23.6 Å². The van der Waals surface area contributed by atoms with Crippen LogP contribution in [0.1, 0.15) is 26.3 Å². The van der Waals surface area contributed by atoms with Crippen LogP contribution in [0.5, 0.6) is 0 Å². The summed E-state index contributed by atoms with van der Waals surface area (Å²) in [7, 11) is 1.21. The van der Waals surface area contributed by atoms with Gasteiger partial charge in [0.2, 0.25) is 0 Å². The van der Waals surface area contributed by atoms with E-state index in [1.54, 1.807) is 0 Å². The van der Waals surface area contributed by atoms with Gasteiger partial charge >= 0.3 is 12.1 Å². The first kappa shape index (κ1) is 17.8. The van der Waals surface area contributed by atoms with Crippen molar-refractivity contribution in [2.45, 2.75) is 6.18 Å². The predicted octanol–water partition coefficient (Wildman–Crippen LogP) is 4.40. The number of halogens is 4. The zero-order valence-electron chi connectivity index (χ0n) is 12.3. The minimum atomic E-state index is -4.48. The number of alkyl halides is 3. The molecule has 0 unspecified atom stereocenters. The molecule has 2 aromatic rings. The third kappa shape index (κ3) is 4.05. The highest BCUT2D eigenvalue weighted by Gasteiger charge is 2.30. The van der Waals surface area contributed by atoms with E-state index in [1.165, 1.54) is 25.3 Å². The van der Waals surface area contributed by atoms with Crippen molar-refractivity contribution >= 4 is 29.2 Å². The lowest BCUT2D eigenvalue weighted by Gasteiger charge is -2.10. The molecule has 24 heavy (non-hydrogen) atoms. The largest absolute Gasteiger partial charge is 0.465 e. The smallest absolute Gasteiger partial charge is 0.416 e. The first-order valence-corrected chi connectivity index (χ1v) is 6.96. The van der Waals surface area contributed by atoms with E-state index in [4.69, 9.17) is 11.6 Å². The maximum Gasteiger partial charge on any atom is 0.416 e. The summed E-state index contributed by atoms with van der Waals surface area (Å²) < 4.78 is 42.1. The Morgan fingerprint density at radius 3 is 2.17 bits per heavy atom. The Kier molecular flexibility index (Phi) is 5.14. The van der Waals surface area contributed by atoms with E-state index in [0.29, 0.717) is 0 Å². The number of hydrogen-bond donors (Lipinski definition) is 1. The molecule has 0 bridgehead atoms. The van der Waals surface area contributed by atoms with E-state index >= 15 is 0 Å². The maximum atomic E-state index is 12.5. The highest BCUT2D eigenvalue weighted by molar-refractivity contribution is 6.34. The van der Waals surface area contributed by atoms with Gasteiger partial charge in [0.25, 0.3) is 5.91 Å². The van der Waals surface area contributed by atoms with Gasteiger partial charge in [0.05, 0.1) is 28.9 Å². The number of ether oxygens (including phenoxy) is 1. The normalized spacial score (nSPS) is 11.0. The van der Waals surface area contributed by atoms with Gasteiger partial charge in [0, 0.05) is 5.56 Å². The van der Waals surface area contributed by atoms with Gasteiger partial charge in [0.1, 0.15) is 0 Å². The Bertz CT molecular complexity index is 773. The summed E-state index contributed by atoms with van der Waals surface area (Å²) in [4.78, 5) is 23.6.